The van der Waals surface area contributed by atoms with Gasteiger partial charge in [-0.15, -0.1) is 0 Å². The number of aromatic nitrogens is 2. The number of carbonyl (C=O) groups is 1. The number of H-pyrrole nitrogens is 1. The van der Waals surface area contributed by atoms with Crippen LogP contribution in [0.2, 0.25) is 5.02 Å². The standard InChI is InChI=1S/C17H14ClN3O/c1-11-4-2-3-5-14(11)17(22)19-16-10-15(20-21-16)12-6-8-13(18)9-7-12/h2-10H,1H3,(H2,19,20,21,22). The fourth-order valence-corrected chi connectivity index (χ4v) is 2.30. The highest BCUT2D eigenvalue weighted by molar-refractivity contribution is 6.30. The number of aromatic amines is 1. The monoisotopic (exact) mass is 311 g/mol. The molecule has 0 aliphatic rings. The fraction of sp³-hybridized carbons (Fsp3) is 0.0588. The Hall–Kier alpha value is -2.59. The summed E-state index contributed by atoms with van der Waals surface area (Å²) in [6.07, 6.45) is 0. The van der Waals surface area contributed by atoms with E-state index in [1.807, 2.05) is 49.4 Å². The topological polar surface area (TPSA) is 57.8 Å². The molecular formula is C17H14ClN3O. The Morgan fingerprint density at radius 3 is 2.59 bits per heavy atom. The molecule has 1 amide bonds. The first-order valence-corrected chi connectivity index (χ1v) is 7.19. The van der Waals surface area contributed by atoms with Crippen LogP contribution in [0.25, 0.3) is 11.3 Å². The first-order valence-electron chi connectivity index (χ1n) is 6.82. The lowest BCUT2D eigenvalue weighted by atomic mass is 10.1. The van der Waals surface area contributed by atoms with Crippen molar-refractivity contribution in [2.75, 3.05) is 5.32 Å². The summed E-state index contributed by atoms with van der Waals surface area (Å²) in [5, 5.41) is 10.5. The lowest BCUT2D eigenvalue weighted by Gasteiger charge is -2.04. The quantitative estimate of drug-likeness (QED) is 0.758. The van der Waals surface area contributed by atoms with Crippen molar-refractivity contribution in [1.29, 1.82) is 0 Å². The molecule has 0 bridgehead atoms. The second-order valence-electron chi connectivity index (χ2n) is 4.94. The smallest absolute Gasteiger partial charge is 0.257 e. The van der Waals surface area contributed by atoms with Crippen molar-refractivity contribution in [1.82, 2.24) is 10.2 Å². The molecule has 2 N–H and O–H groups in total. The molecule has 3 rings (SSSR count). The molecular weight excluding hydrogens is 298 g/mol. The Morgan fingerprint density at radius 2 is 1.86 bits per heavy atom. The van der Waals surface area contributed by atoms with E-state index in [-0.39, 0.29) is 5.91 Å². The molecule has 5 heteroatoms. The zero-order chi connectivity index (χ0) is 15.5. The van der Waals surface area contributed by atoms with E-state index in [0.717, 1.165) is 16.8 Å². The number of halogens is 1. The second-order valence-corrected chi connectivity index (χ2v) is 5.38. The van der Waals surface area contributed by atoms with Gasteiger partial charge in [-0.05, 0) is 36.2 Å². The van der Waals surface area contributed by atoms with Crippen LogP contribution in [0.15, 0.2) is 54.6 Å². The number of nitrogens with zero attached hydrogens (tertiary/aromatic N) is 1. The SMILES string of the molecule is Cc1ccccc1C(=O)Nc1cc(-c2ccc(Cl)cc2)[nH]n1. The zero-order valence-electron chi connectivity index (χ0n) is 11.9. The number of rotatable bonds is 3. The van der Waals surface area contributed by atoms with Crippen molar-refractivity contribution in [3.63, 3.8) is 0 Å². The van der Waals surface area contributed by atoms with Crippen molar-refractivity contribution in [2.45, 2.75) is 6.92 Å². The molecule has 1 heterocycles. The zero-order valence-corrected chi connectivity index (χ0v) is 12.7. The highest BCUT2D eigenvalue weighted by atomic mass is 35.5. The molecule has 0 fully saturated rings. The van der Waals surface area contributed by atoms with E-state index in [0.29, 0.717) is 16.4 Å². The average molecular weight is 312 g/mol. The van der Waals surface area contributed by atoms with Crippen LogP contribution in [0, 0.1) is 6.92 Å². The van der Waals surface area contributed by atoms with Crippen LogP contribution in [0.1, 0.15) is 15.9 Å². The molecule has 1 aromatic heterocycles. The maximum absolute atomic E-state index is 12.2. The Kier molecular flexibility index (Phi) is 3.94. The lowest BCUT2D eigenvalue weighted by molar-refractivity contribution is 0.102. The van der Waals surface area contributed by atoms with Crippen LogP contribution in [0.4, 0.5) is 5.82 Å². The molecule has 0 saturated carbocycles. The minimum Gasteiger partial charge on any atom is -0.305 e. The van der Waals surface area contributed by atoms with Gasteiger partial charge in [0.15, 0.2) is 5.82 Å². The maximum Gasteiger partial charge on any atom is 0.257 e. The third-order valence-corrected chi connectivity index (χ3v) is 3.62. The molecule has 0 radical (unpaired) electrons. The van der Waals surface area contributed by atoms with Gasteiger partial charge in [0, 0.05) is 16.7 Å². The largest absolute Gasteiger partial charge is 0.305 e. The van der Waals surface area contributed by atoms with Crippen molar-refractivity contribution < 1.29 is 4.79 Å². The highest BCUT2D eigenvalue weighted by Gasteiger charge is 2.11. The van der Waals surface area contributed by atoms with Crippen LogP contribution in [-0.4, -0.2) is 16.1 Å². The lowest BCUT2D eigenvalue weighted by Crippen LogP contribution is -2.13. The molecule has 110 valence electrons. The maximum atomic E-state index is 12.2. The van der Waals surface area contributed by atoms with Gasteiger partial charge in [0.05, 0.1) is 5.69 Å². The number of nitrogens with one attached hydrogen (secondary N) is 2. The van der Waals surface area contributed by atoms with Gasteiger partial charge in [-0.25, -0.2) is 0 Å². The van der Waals surface area contributed by atoms with E-state index in [9.17, 15) is 4.79 Å². The average Bonchev–Trinajstić information content (AvgIpc) is 2.97. The Bertz CT molecular complexity index is 809. The minimum atomic E-state index is -0.174. The predicted octanol–water partition coefficient (Wildman–Crippen LogP) is 4.29. The summed E-state index contributed by atoms with van der Waals surface area (Å²) >= 11 is 5.87. The summed E-state index contributed by atoms with van der Waals surface area (Å²) < 4.78 is 0. The first-order chi connectivity index (χ1) is 10.6. The normalized spacial score (nSPS) is 10.5. The molecule has 0 aliphatic heterocycles. The minimum absolute atomic E-state index is 0.174. The fourth-order valence-electron chi connectivity index (χ4n) is 2.17. The Labute approximate surface area is 133 Å². The third-order valence-electron chi connectivity index (χ3n) is 3.36. The van der Waals surface area contributed by atoms with Gasteiger partial charge in [-0.1, -0.05) is 41.9 Å². The van der Waals surface area contributed by atoms with E-state index < -0.39 is 0 Å². The molecule has 0 spiro atoms. The first kappa shape index (κ1) is 14.4. The highest BCUT2D eigenvalue weighted by Crippen LogP contribution is 2.22. The van der Waals surface area contributed by atoms with Crippen molar-refractivity contribution in [3.8, 4) is 11.3 Å². The number of aryl methyl sites for hydroxylation is 1. The summed E-state index contributed by atoms with van der Waals surface area (Å²) in [6, 6.07) is 16.6. The second kappa shape index (κ2) is 6.03. The van der Waals surface area contributed by atoms with Gasteiger partial charge < -0.3 is 5.32 Å². The number of hydrogen-bond donors (Lipinski definition) is 2. The third kappa shape index (κ3) is 3.02. The van der Waals surface area contributed by atoms with Gasteiger partial charge in [0.2, 0.25) is 0 Å². The van der Waals surface area contributed by atoms with Gasteiger partial charge in [0.25, 0.3) is 5.91 Å². The van der Waals surface area contributed by atoms with Gasteiger partial charge in [-0.2, -0.15) is 5.10 Å². The van der Waals surface area contributed by atoms with E-state index in [2.05, 4.69) is 15.5 Å². The summed E-state index contributed by atoms with van der Waals surface area (Å²) in [6.45, 7) is 1.90. The molecule has 0 saturated heterocycles. The van der Waals surface area contributed by atoms with E-state index in [1.54, 1.807) is 12.1 Å². The van der Waals surface area contributed by atoms with Gasteiger partial charge >= 0.3 is 0 Å². The van der Waals surface area contributed by atoms with Crippen LogP contribution in [-0.2, 0) is 0 Å². The van der Waals surface area contributed by atoms with Crippen molar-refractivity contribution in [3.05, 3.63) is 70.7 Å². The summed E-state index contributed by atoms with van der Waals surface area (Å²) in [7, 11) is 0. The Balaban J connectivity index is 1.78. The molecule has 2 aromatic carbocycles. The van der Waals surface area contributed by atoms with Crippen LogP contribution in [0.5, 0.6) is 0 Å². The van der Waals surface area contributed by atoms with E-state index >= 15 is 0 Å². The summed E-state index contributed by atoms with van der Waals surface area (Å²) in [4.78, 5) is 12.2. The van der Waals surface area contributed by atoms with Crippen LogP contribution < -0.4 is 5.32 Å². The van der Waals surface area contributed by atoms with Gasteiger partial charge in [-0.3, -0.25) is 9.89 Å². The van der Waals surface area contributed by atoms with Crippen LogP contribution in [0.3, 0.4) is 0 Å². The summed E-state index contributed by atoms with van der Waals surface area (Å²) in [5.41, 5.74) is 3.33. The predicted molar refractivity (Wildman–Crippen MR) is 88.2 cm³/mol. The molecule has 0 atom stereocenters. The van der Waals surface area contributed by atoms with Crippen molar-refractivity contribution >= 4 is 23.3 Å². The molecule has 0 aliphatic carbocycles. The van der Waals surface area contributed by atoms with Crippen molar-refractivity contribution in [2.24, 2.45) is 0 Å². The molecule has 4 nitrogen and oxygen atoms in total. The number of carbonyl (C=O) groups excluding carboxylic acids is 1. The van der Waals surface area contributed by atoms with E-state index in [1.165, 1.54) is 0 Å². The Morgan fingerprint density at radius 1 is 1.14 bits per heavy atom. The number of benzene rings is 2. The summed E-state index contributed by atoms with van der Waals surface area (Å²) in [5.74, 6) is 0.311. The number of hydrogen-bond acceptors (Lipinski definition) is 2. The molecule has 0 unspecified atom stereocenters. The molecule has 3 aromatic rings. The van der Waals surface area contributed by atoms with E-state index in [4.69, 9.17) is 11.6 Å². The molecule has 22 heavy (non-hydrogen) atoms. The van der Waals surface area contributed by atoms with Gasteiger partial charge in [0.1, 0.15) is 0 Å². The number of anilines is 1. The number of amides is 1. The van der Waals surface area contributed by atoms with Crippen LogP contribution >= 0.6 is 11.6 Å².